The number of hydrogen-bond acceptors (Lipinski definition) is 2. The first-order chi connectivity index (χ1) is 6.40. The van der Waals surface area contributed by atoms with Gasteiger partial charge in [0.05, 0.1) is 0 Å². The summed E-state index contributed by atoms with van der Waals surface area (Å²) < 4.78 is 0. The number of anilines is 1. The maximum Gasteiger partial charge on any atom is 0.0375 e. The summed E-state index contributed by atoms with van der Waals surface area (Å²) in [4.78, 5) is 0. The SMILES string of the molecule is CSCC1CCc2ccccc2N1. The summed E-state index contributed by atoms with van der Waals surface area (Å²) in [5.74, 6) is 1.22. The van der Waals surface area contributed by atoms with Gasteiger partial charge in [0.15, 0.2) is 0 Å². The van der Waals surface area contributed by atoms with Gasteiger partial charge in [0, 0.05) is 17.5 Å². The van der Waals surface area contributed by atoms with Gasteiger partial charge in [-0.15, -0.1) is 0 Å². The van der Waals surface area contributed by atoms with E-state index < -0.39 is 0 Å². The van der Waals surface area contributed by atoms with Crippen molar-refractivity contribution in [2.45, 2.75) is 18.9 Å². The van der Waals surface area contributed by atoms with E-state index in [9.17, 15) is 0 Å². The zero-order valence-electron chi connectivity index (χ0n) is 7.92. The van der Waals surface area contributed by atoms with E-state index in [1.807, 2.05) is 11.8 Å². The van der Waals surface area contributed by atoms with Crippen LogP contribution in [-0.4, -0.2) is 18.1 Å². The van der Waals surface area contributed by atoms with Gasteiger partial charge in [0.25, 0.3) is 0 Å². The molecule has 0 saturated heterocycles. The summed E-state index contributed by atoms with van der Waals surface area (Å²) in [5, 5.41) is 3.58. The van der Waals surface area contributed by atoms with Gasteiger partial charge >= 0.3 is 0 Å². The second-order valence-electron chi connectivity index (χ2n) is 3.49. The molecular formula is C11H15NS. The number of fused-ring (bicyclic) bond motifs is 1. The van der Waals surface area contributed by atoms with Crippen molar-refractivity contribution in [1.29, 1.82) is 0 Å². The normalized spacial score (nSPS) is 20.5. The van der Waals surface area contributed by atoms with Gasteiger partial charge in [-0.2, -0.15) is 11.8 Å². The van der Waals surface area contributed by atoms with Crippen LogP contribution in [0.4, 0.5) is 5.69 Å². The molecule has 1 heterocycles. The first kappa shape index (κ1) is 8.95. The third-order valence-corrected chi connectivity index (χ3v) is 3.24. The molecule has 1 N–H and O–H groups in total. The van der Waals surface area contributed by atoms with Crippen LogP contribution < -0.4 is 5.32 Å². The van der Waals surface area contributed by atoms with Gasteiger partial charge in [-0.05, 0) is 30.7 Å². The Labute approximate surface area is 83.9 Å². The van der Waals surface area contributed by atoms with E-state index in [1.54, 1.807) is 0 Å². The average Bonchev–Trinajstić information content (AvgIpc) is 2.18. The van der Waals surface area contributed by atoms with Crippen LogP contribution >= 0.6 is 11.8 Å². The Kier molecular flexibility index (Phi) is 2.79. The first-order valence-electron chi connectivity index (χ1n) is 4.73. The van der Waals surface area contributed by atoms with Crippen LogP contribution in [0.5, 0.6) is 0 Å². The predicted molar refractivity (Wildman–Crippen MR) is 60.6 cm³/mol. The van der Waals surface area contributed by atoms with Gasteiger partial charge in [-0.3, -0.25) is 0 Å². The number of para-hydroxylation sites is 1. The molecule has 1 aliphatic heterocycles. The van der Waals surface area contributed by atoms with E-state index >= 15 is 0 Å². The lowest BCUT2D eigenvalue weighted by Gasteiger charge is -2.26. The van der Waals surface area contributed by atoms with Crippen molar-refractivity contribution < 1.29 is 0 Å². The van der Waals surface area contributed by atoms with Gasteiger partial charge in [-0.25, -0.2) is 0 Å². The molecule has 1 atom stereocenters. The van der Waals surface area contributed by atoms with Crippen molar-refractivity contribution in [3.05, 3.63) is 29.8 Å². The van der Waals surface area contributed by atoms with Gasteiger partial charge < -0.3 is 5.32 Å². The third kappa shape index (κ3) is 1.99. The molecule has 0 amide bonds. The Hall–Kier alpha value is -0.630. The zero-order valence-corrected chi connectivity index (χ0v) is 8.73. The van der Waals surface area contributed by atoms with E-state index in [0.29, 0.717) is 6.04 Å². The highest BCUT2D eigenvalue weighted by Gasteiger charge is 2.15. The molecule has 2 heteroatoms. The van der Waals surface area contributed by atoms with Crippen molar-refractivity contribution >= 4 is 17.4 Å². The van der Waals surface area contributed by atoms with Gasteiger partial charge in [0.2, 0.25) is 0 Å². The Balaban J connectivity index is 2.11. The molecule has 1 aromatic rings. The zero-order chi connectivity index (χ0) is 9.10. The first-order valence-corrected chi connectivity index (χ1v) is 6.13. The van der Waals surface area contributed by atoms with E-state index in [2.05, 4.69) is 35.8 Å². The van der Waals surface area contributed by atoms with Crippen LogP contribution in [0.25, 0.3) is 0 Å². The summed E-state index contributed by atoms with van der Waals surface area (Å²) in [6, 6.07) is 9.30. The number of rotatable bonds is 2. The van der Waals surface area contributed by atoms with Crippen molar-refractivity contribution in [1.82, 2.24) is 0 Å². The molecule has 1 unspecified atom stereocenters. The summed E-state index contributed by atoms with van der Waals surface area (Å²) >= 11 is 1.92. The lowest BCUT2D eigenvalue weighted by Crippen LogP contribution is -2.27. The molecule has 1 aromatic carbocycles. The molecule has 0 bridgehead atoms. The van der Waals surface area contributed by atoms with Crippen molar-refractivity contribution in [3.63, 3.8) is 0 Å². The molecule has 0 fully saturated rings. The van der Waals surface area contributed by atoms with E-state index in [-0.39, 0.29) is 0 Å². The molecule has 2 rings (SSSR count). The maximum absolute atomic E-state index is 3.58. The minimum absolute atomic E-state index is 0.671. The molecule has 1 aliphatic rings. The molecule has 0 saturated carbocycles. The molecule has 0 spiro atoms. The van der Waals surface area contributed by atoms with E-state index in [4.69, 9.17) is 0 Å². The molecule has 70 valence electrons. The fraction of sp³-hybridized carbons (Fsp3) is 0.455. The molecule has 1 nitrogen and oxygen atoms in total. The topological polar surface area (TPSA) is 12.0 Å². The Morgan fingerprint density at radius 1 is 1.46 bits per heavy atom. The second-order valence-corrected chi connectivity index (χ2v) is 4.40. The third-order valence-electron chi connectivity index (χ3n) is 2.51. The number of nitrogens with one attached hydrogen (secondary N) is 1. The van der Waals surface area contributed by atoms with E-state index in [0.717, 1.165) is 0 Å². The summed E-state index contributed by atoms with van der Waals surface area (Å²) in [6.45, 7) is 0. The molecule has 0 aromatic heterocycles. The fourth-order valence-electron chi connectivity index (χ4n) is 1.83. The maximum atomic E-state index is 3.58. The number of aryl methyl sites for hydroxylation is 1. The molecule has 0 aliphatic carbocycles. The van der Waals surface area contributed by atoms with Crippen LogP contribution in [0.15, 0.2) is 24.3 Å². The minimum Gasteiger partial charge on any atom is -0.381 e. The molecule has 13 heavy (non-hydrogen) atoms. The van der Waals surface area contributed by atoms with Gasteiger partial charge in [-0.1, -0.05) is 18.2 Å². The predicted octanol–water partition coefficient (Wildman–Crippen LogP) is 2.78. The highest BCUT2D eigenvalue weighted by Crippen LogP contribution is 2.25. The summed E-state index contributed by atoms with van der Waals surface area (Å²) in [7, 11) is 0. The second kappa shape index (κ2) is 4.05. The van der Waals surface area contributed by atoms with Gasteiger partial charge in [0.1, 0.15) is 0 Å². The van der Waals surface area contributed by atoms with Crippen LogP contribution in [0.2, 0.25) is 0 Å². The Morgan fingerprint density at radius 2 is 2.31 bits per heavy atom. The number of benzene rings is 1. The number of thioether (sulfide) groups is 1. The van der Waals surface area contributed by atoms with Crippen LogP contribution in [0.1, 0.15) is 12.0 Å². The Morgan fingerprint density at radius 3 is 3.15 bits per heavy atom. The highest BCUT2D eigenvalue weighted by atomic mass is 32.2. The minimum atomic E-state index is 0.671. The average molecular weight is 193 g/mol. The Bertz CT molecular complexity index is 285. The van der Waals surface area contributed by atoms with Crippen molar-refractivity contribution in [2.24, 2.45) is 0 Å². The molecular weight excluding hydrogens is 178 g/mol. The summed E-state index contributed by atoms with van der Waals surface area (Å²) in [5.41, 5.74) is 2.81. The monoisotopic (exact) mass is 193 g/mol. The number of hydrogen-bond donors (Lipinski definition) is 1. The molecule has 0 radical (unpaired) electrons. The van der Waals surface area contributed by atoms with Crippen LogP contribution in [0.3, 0.4) is 0 Å². The lowest BCUT2D eigenvalue weighted by molar-refractivity contribution is 0.689. The van der Waals surface area contributed by atoms with Crippen LogP contribution in [-0.2, 0) is 6.42 Å². The summed E-state index contributed by atoms with van der Waals surface area (Å²) in [6.07, 6.45) is 4.68. The van der Waals surface area contributed by atoms with Crippen molar-refractivity contribution in [2.75, 3.05) is 17.3 Å². The quantitative estimate of drug-likeness (QED) is 0.775. The standard InChI is InChI=1S/C11H15NS/c1-13-8-10-7-6-9-4-2-3-5-11(9)12-10/h2-5,10,12H,6-8H2,1H3. The van der Waals surface area contributed by atoms with Crippen molar-refractivity contribution in [3.8, 4) is 0 Å². The fourth-order valence-corrected chi connectivity index (χ4v) is 2.48. The van der Waals surface area contributed by atoms with E-state index in [1.165, 1.54) is 29.8 Å². The largest absolute Gasteiger partial charge is 0.381 e. The van der Waals surface area contributed by atoms with Crippen LogP contribution in [0, 0.1) is 0 Å². The smallest absolute Gasteiger partial charge is 0.0375 e. The highest BCUT2D eigenvalue weighted by molar-refractivity contribution is 7.98. The lowest BCUT2D eigenvalue weighted by atomic mass is 9.99.